The number of hydrogen-bond acceptors (Lipinski definition) is 4. The number of carbonyl (C=O) groups excluding carboxylic acids is 1. The molecule has 0 fully saturated rings. The van der Waals surface area contributed by atoms with E-state index < -0.39 is 6.04 Å². The summed E-state index contributed by atoms with van der Waals surface area (Å²) < 4.78 is 10.4. The molecule has 0 saturated carbocycles. The van der Waals surface area contributed by atoms with E-state index >= 15 is 0 Å². The lowest BCUT2D eigenvalue weighted by Crippen LogP contribution is -2.46. The molecule has 1 aromatic carbocycles. The standard InChI is InChI=1S/C13H20N2O3.ClH/c1-10(18-11-6-4-3-5-7-11)8-15-13(16)12(14)9-17-2;/h3-7,10,12H,8-9,14H2,1-2H3,(H,15,16);1H. The molecule has 5 nitrogen and oxygen atoms in total. The van der Waals surface area contributed by atoms with Gasteiger partial charge in [0.2, 0.25) is 5.91 Å². The number of rotatable bonds is 7. The van der Waals surface area contributed by atoms with Gasteiger partial charge in [-0.3, -0.25) is 4.79 Å². The summed E-state index contributed by atoms with van der Waals surface area (Å²) in [5.74, 6) is 0.542. The van der Waals surface area contributed by atoms with E-state index in [1.165, 1.54) is 7.11 Å². The van der Waals surface area contributed by atoms with Crippen molar-refractivity contribution in [3.8, 4) is 5.75 Å². The third-order valence-corrected chi connectivity index (χ3v) is 2.33. The van der Waals surface area contributed by atoms with Gasteiger partial charge in [0.25, 0.3) is 0 Å². The highest BCUT2D eigenvalue weighted by Gasteiger charge is 2.14. The minimum Gasteiger partial charge on any atom is -0.489 e. The van der Waals surface area contributed by atoms with E-state index in [9.17, 15) is 4.79 Å². The highest BCUT2D eigenvalue weighted by atomic mass is 35.5. The Balaban J connectivity index is 0.00000324. The van der Waals surface area contributed by atoms with Crippen LogP contribution in [-0.2, 0) is 9.53 Å². The van der Waals surface area contributed by atoms with Gasteiger partial charge in [-0.25, -0.2) is 0 Å². The average Bonchev–Trinajstić information content (AvgIpc) is 2.37. The number of hydrogen-bond donors (Lipinski definition) is 2. The molecule has 2 atom stereocenters. The van der Waals surface area contributed by atoms with Crippen LogP contribution in [0.3, 0.4) is 0 Å². The minimum atomic E-state index is -0.640. The largest absolute Gasteiger partial charge is 0.489 e. The van der Waals surface area contributed by atoms with Crippen LogP contribution in [-0.4, -0.2) is 38.3 Å². The number of methoxy groups -OCH3 is 1. The van der Waals surface area contributed by atoms with Gasteiger partial charge in [-0.1, -0.05) is 18.2 Å². The van der Waals surface area contributed by atoms with Crippen LogP contribution in [0.15, 0.2) is 30.3 Å². The number of nitrogens with one attached hydrogen (secondary N) is 1. The first-order chi connectivity index (χ1) is 8.63. The van der Waals surface area contributed by atoms with E-state index in [2.05, 4.69) is 5.32 Å². The van der Waals surface area contributed by atoms with Crippen molar-refractivity contribution in [1.82, 2.24) is 5.32 Å². The van der Waals surface area contributed by atoms with E-state index in [0.29, 0.717) is 6.54 Å². The number of ether oxygens (including phenoxy) is 2. The van der Waals surface area contributed by atoms with Crippen molar-refractivity contribution in [1.29, 1.82) is 0 Å². The van der Waals surface area contributed by atoms with Gasteiger partial charge >= 0.3 is 0 Å². The van der Waals surface area contributed by atoms with Crippen LogP contribution >= 0.6 is 12.4 Å². The molecule has 0 saturated heterocycles. The monoisotopic (exact) mass is 288 g/mol. The lowest BCUT2D eigenvalue weighted by molar-refractivity contribution is -0.123. The molecule has 0 aliphatic rings. The maximum Gasteiger partial charge on any atom is 0.239 e. The highest BCUT2D eigenvalue weighted by molar-refractivity contribution is 5.85. The van der Waals surface area contributed by atoms with E-state index in [1.807, 2.05) is 37.3 Å². The van der Waals surface area contributed by atoms with Crippen molar-refractivity contribution in [3.63, 3.8) is 0 Å². The van der Waals surface area contributed by atoms with Crippen molar-refractivity contribution in [2.24, 2.45) is 5.73 Å². The zero-order valence-electron chi connectivity index (χ0n) is 11.2. The fourth-order valence-electron chi connectivity index (χ4n) is 1.40. The lowest BCUT2D eigenvalue weighted by atomic mass is 10.3. The lowest BCUT2D eigenvalue weighted by Gasteiger charge is -2.17. The summed E-state index contributed by atoms with van der Waals surface area (Å²) in [7, 11) is 1.51. The molecule has 1 amide bonds. The molecule has 6 heteroatoms. The Kier molecular flexibility index (Phi) is 8.95. The molecule has 0 aromatic heterocycles. The van der Waals surface area contributed by atoms with Gasteiger partial charge in [-0.2, -0.15) is 0 Å². The molecule has 0 aliphatic heterocycles. The fourth-order valence-corrected chi connectivity index (χ4v) is 1.40. The molecular weight excluding hydrogens is 268 g/mol. The fraction of sp³-hybridized carbons (Fsp3) is 0.462. The van der Waals surface area contributed by atoms with E-state index in [4.69, 9.17) is 15.2 Å². The highest BCUT2D eigenvalue weighted by Crippen LogP contribution is 2.10. The maximum absolute atomic E-state index is 11.5. The van der Waals surface area contributed by atoms with Crippen LogP contribution in [0, 0.1) is 0 Å². The van der Waals surface area contributed by atoms with Gasteiger partial charge in [-0.15, -0.1) is 12.4 Å². The quantitative estimate of drug-likeness (QED) is 0.784. The van der Waals surface area contributed by atoms with Gasteiger partial charge in [0.15, 0.2) is 0 Å². The molecule has 19 heavy (non-hydrogen) atoms. The Morgan fingerprint density at radius 3 is 2.58 bits per heavy atom. The van der Waals surface area contributed by atoms with Crippen LogP contribution in [0.25, 0.3) is 0 Å². The van der Waals surface area contributed by atoms with E-state index in [-0.39, 0.29) is 31.0 Å². The summed E-state index contributed by atoms with van der Waals surface area (Å²) in [6.07, 6.45) is -0.119. The summed E-state index contributed by atoms with van der Waals surface area (Å²) in [6, 6.07) is 8.82. The van der Waals surface area contributed by atoms with Crippen molar-refractivity contribution in [2.45, 2.75) is 19.1 Å². The first-order valence-corrected chi connectivity index (χ1v) is 5.87. The molecule has 0 bridgehead atoms. The Bertz CT molecular complexity index is 362. The minimum absolute atomic E-state index is 0. The smallest absolute Gasteiger partial charge is 0.239 e. The summed E-state index contributed by atoms with van der Waals surface area (Å²) in [5.41, 5.74) is 5.59. The molecule has 2 unspecified atom stereocenters. The van der Waals surface area contributed by atoms with Crippen molar-refractivity contribution in [2.75, 3.05) is 20.3 Å². The summed E-state index contributed by atoms with van der Waals surface area (Å²) in [6.45, 7) is 2.50. The topological polar surface area (TPSA) is 73.6 Å². The van der Waals surface area contributed by atoms with Gasteiger partial charge in [0.1, 0.15) is 17.9 Å². The number of para-hydroxylation sites is 1. The Morgan fingerprint density at radius 1 is 1.37 bits per heavy atom. The van der Waals surface area contributed by atoms with Crippen molar-refractivity contribution >= 4 is 18.3 Å². The second-order valence-corrected chi connectivity index (χ2v) is 4.05. The molecule has 0 radical (unpaired) electrons. The second kappa shape index (κ2) is 9.61. The van der Waals surface area contributed by atoms with Gasteiger partial charge in [-0.05, 0) is 19.1 Å². The van der Waals surface area contributed by atoms with Crippen LogP contribution < -0.4 is 15.8 Å². The third-order valence-electron chi connectivity index (χ3n) is 2.33. The number of amides is 1. The van der Waals surface area contributed by atoms with Crippen LogP contribution in [0.5, 0.6) is 5.75 Å². The van der Waals surface area contributed by atoms with Crippen LogP contribution in [0.1, 0.15) is 6.92 Å². The number of carbonyl (C=O) groups is 1. The van der Waals surface area contributed by atoms with Crippen molar-refractivity contribution in [3.05, 3.63) is 30.3 Å². The second-order valence-electron chi connectivity index (χ2n) is 4.05. The predicted molar refractivity (Wildman–Crippen MR) is 76.6 cm³/mol. The summed E-state index contributed by atoms with van der Waals surface area (Å²) in [5, 5.41) is 2.72. The molecular formula is C13H21ClN2O3. The van der Waals surface area contributed by atoms with Crippen LogP contribution in [0.2, 0.25) is 0 Å². The molecule has 0 heterocycles. The number of benzene rings is 1. The summed E-state index contributed by atoms with van der Waals surface area (Å²) >= 11 is 0. The summed E-state index contributed by atoms with van der Waals surface area (Å²) in [4.78, 5) is 11.5. The normalized spacial score (nSPS) is 13.0. The average molecular weight is 289 g/mol. The zero-order chi connectivity index (χ0) is 13.4. The van der Waals surface area contributed by atoms with E-state index in [0.717, 1.165) is 5.75 Å². The Labute approximate surface area is 119 Å². The van der Waals surface area contributed by atoms with E-state index in [1.54, 1.807) is 0 Å². The van der Waals surface area contributed by atoms with Crippen molar-refractivity contribution < 1.29 is 14.3 Å². The van der Waals surface area contributed by atoms with Gasteiger partial charge in [0, 0.05) is 7.11 Å². The van der Waals surface area contributed by atoms with Gasteiger partial charge < -0.3 is 20.5 Å². The molecule has 1 rings (SSSR count). The SMILES string of the molecule is COCC(N)C(=O)NCC(C)Oc1ccccc1.Cl. The molecule has 108 valence electrons. The zero-order valence-corrected chi connectivity index (χ0v) is 12.0. The molecule has 3 N–H and O–H groups in total. The maximum atomic E-state index is 11.5. The number of nitrogens with two attached hydrogens (primary N) is 1. The van der Waals surface area contributed by atoms with Gasteiger partial charge in [0.05, 0.1) is 13.2 Å². The van der Waals surface area contributed by atoms with Crippen LogP contribution in [0.4, 0.5) is 0 Å². The molecule has 0 spiro atoms. The first-order valence-electron chi connectivity index (χ1n) is 5.87. The Morgan fingerprint density at radius 2 is 2.00 bits per heavy atom. The first kappa shape index (κ1) is 17.7. The third kappa shape index (κ3) is 7.00. The predicted octanol–water partition coefficient (Wildman–Crippen LogP) is 0.966. The number of halogens is 1. The molecule has 0 aliphatic carbocycles. The Hall–Kier alpha value is -1.30. The molecule has 1 aromatic rings.